The first kappa shape index (κ1) is 15.2. The lowest BCUT2D eigenvalue weighted by molar-refractivity contribution is 0.136. The summed E-state index contributed by atoms with van der Waals surface area (Å²) >= 11 is 7.51. The number of aryl methyl sites for hydroxylation is 1. The molecule has 2 heterocycles. The van der Waals surface area contributed by atoms with Crippen LogP contribution in [-0.4, -0.2) is 54.1 Å². The van der Waals surface area contributed by atoms with Gasteiger partial charge in [0.05, 0.1) is 16.6 Å². The summed E-state index contributed by atoms with van der Waals surface area (Å²) in [5.74, 6) is 0.540. The fourth-order valence-corrected chi connectivity index (χ4v) is 3.53. The average Bonchev–Trinajstić information content (AvgIpc) is 2.92. The molecule has 0 unspecified atom stereocenters. The second-order valence-electron chi connectivity index (χ2n) is 5.10. The van der Waals surface area contributed by atoms with E-state index >= 15 is 0 Å². The number of likely N-dealkylation sites (N-methyl/N-ethyl adjacent to an activating group) is 1. The average molecular weight is 302 g/mol. The SMILES string of the molecule is CCN1CCN(CCCCc2nc(CCl)cs2)CC1. The number of aromatic nitrogens is 1. The number of hydrogen-bond acceptors (Lipinski definition) is 4. The number of halogens is 1. The zero-order valence-electron chi connectivity index (χ0n) is 11.8. The van der Waals surface area contributed by atoms with E-state index in [0.717, 1.165) is 12.1 Å². The number of nitrogens with zero attached hydrogens (tertiary/aromatic N) is 3. The third kappa shape index (κ3) is 5.03. The molecule has 0 saturated carbocycles. The van der Waals surface area contributed by atoms with Gasteiger partial charge in [-0.05, 0) is 32.4 Å². The van der Waals surface area contributed by atoms with Gasteiger partial charge in [0, 0.05) is 31.6 Å². The summed E-state index contributed by atoms with van der Waals surface area (Å²) in [6.07, 6.45) is 3.63. The zero-order chi connectivity index (χ0) is 13.5. The molecule has 0 amide bonds. The highest BCUT2D eigenvalue weighted by Crippen LogP contribution is 2.14. The Morgan fingerprint density at radius 2 is 1.95 bits per heavy atom. The van der Waals surface area contributed by atoms with Crippen molar-refractivity contribution >= 4 is 22.9 Å². The Balaban J connectivity index is 1.57. The van der Waals surface area contributed by atoms with E-state index in [9.17, 15) is 0 Å². The van der Waals surface area contributed by atoms with Gasteiger partial charge in [-0.2, -0.15) is 0 Å². The summed E-state index contributed by atoms with van der Waals surface area (Å²) in [6.45, 7) is 9.64. The van der Waals surface area contributed by atoms with Gasteiger partial charge in [0.1, 0.15) is 0 Å². The quantitative estimate of drug-likeness (QED) is 0.570. The van der Waals surface area contributed by atoms with Gasteiger partial charge in [0.2, 0.25) is 0 Å². The molecule has 19 heavy (non-hydrogen) atoms. The molecule has 1 aromatic heterocycles. The molecule has 108 valence electrons. The van der Waals surface area contributed by atoms with E-state index in [1.54, 1.807) is 11.3 Å². The van der Waals surface area contributed by atoms with E-state index in [2.05, 4.69) is 27.1 Å². The molecule has 2 rings (SSSR count). The van der Waals surface area contributed by atoms with Crippen LogP contribution in [-0.2, 0) is 12.3 Å². The van der Waals surface area contributed by atoms with Crippen molar-refractivity contribution in [1.29, 1.82) is 0 Å². The standard InChI is InChI=1S/C14H24ClN3S/c1-2-17-7-9-18(10-8-17)6-4-3-5-14-16-13(11-15)12-19-14/h12H,2-11H2,1H3. The van der Waals surface area contributed by atoms with Crippen LogP contribution in [0.5, 0.6) is 0 Å². The summed E-state index contributed by atoms with van der Waals surface area (Å²) in [5, 5.41) is 3.32. The van der Waals surface area contributed by atoms with Crippen molar-refractivity contribution in [2.45, 2.75) is 32.1 Å². The first-order valence-corrected chi connectivity index (χ1v) is 8.67. The normalized spacial score (nSPS) is 18.0. The minimum Gasteiger partial charge on any atom is -0.301 e. The smallest absolute Gasteiger partial charge is 0.0928 e. The molecular formula is C14H24ClN3S. The monoisotopic (exact) mass is 301 g/mol. The van der Waals surface area contributed by atoms with Crippen molar-refractivity contribution in [3.8, 4) is 0 Å². The molecule has 0 radical (unpaired) electrons. The molecule has 3 nitrogen and oxygen atoms in total. The van der Waals surface area contributed by atoms with Crippen LogP contribution in [0.3, 0.4) is 0 Å². The van der Waals surface area contributed by atoms with Gasteiger partial charge < -0.3 is 9.80 Å². The number of alkyl halides is 1. The van der Waals surface area contributed by atoms with E-state index in [4.69, 9.17) is 11.6 Å². The third-order valence-corrected chi connectivity index (χ3v) is 4.99. The highest BCUT2D eigenvalue weighted by Gasteiger charge is 2.14. The van der Waals surface area contributed by atoms with Gasteiger partial charge in [-0.25, -0.2) is 4.98 Å². The maximum atomic E-state index is 5.76. The largest absolute Gasteiger partial charge is 0.301 e. The second-order valence-corrected chi connectivity index (χ2v) is 6.31. The van der Waals surface area contributed by atoms with E-state index in [1.807, 2.05) is 0 Å². The number of thiazole rings is 1. The van der Waals surface area contributed by atoms with Gasteiger partial charge in [-0.1, -0.05) is 6.92 Å². The summed E-state index contributed by atoms with van der Waals surface area (Å²) < 4.78 is 0. The van der Waals surface area contributed by atoms with Gasteiger partial charge in [0.15, 0.2) is 0 Å². The van der Waals surface area contributed by atoms with Crippen molar-refractivity contribution in [2.24, 2.45) is 0 Å². The van der Waals surface area contributed by atoms with E-state index in [-0.39, 0.29) is 0 Å². The van der Waals surface area contributed by atoms with Crippen LogP contribution in [0.15, 0.2) is 5.38 Å². The molecule has 1 fully saturated rings. The maximum Gasteiger partial charge on any atom is 0.0928 e. The zero-order valence-corrected chi connectivity index (χ0v) is 13.3. The molecular weight excluding hydrogens is 278 g/mol. The Kier molecular flexibility index (Phi) is 6.57. The van der Waals surface area contributed by atoms with Crippen LogP contribution in [0.1, 0.15) is 30.5 Å². The lowest BCUT2D eigenvalue weighted by atomic mass is 10.2. The molecule has 0 aromatic carbocycles. The first-order valence-electron chi connectivity index (χ1n) is 7.25. The molecule has 1 aromatic rings. The minimum absolute atomic E-state index is 0.540. The van der Waals surface area contributed by atoms with Crippen molar-refractivity contribution in [3.05, 3.63) is 16.1 Å². The van der Waals surface area contributed by atoms with Crippen molar-refractivity contribution in [3.63, 3.8) is 0 Å². The lowest BCUT2D eigenvalue weighted by Gasteiger charge is -2.33. The molecule has 1 aliphatic rings. The molecule has 0 spiro atoms. The van der Waals surface area contributed by atoms with Gasteiger partial charge in [-0.3, -0.25) is 0 Å². The number of unbranched alkanes of at least 4 members (excludes halogenated alkanes) is 1. The van der Waals surface area contributed by atoms with Crippen molar-refractivity contribution in [1.82, 2.24) is 14.8 Å². The highest BCUT2D eigenvalue weighted by molar-refractivity contribution is 7.09. The molecule has 1 aliphatic heterocycles. The molecule has 0 N–H and O–H groups in total. The fourth-order valence-electron chi connectivity index (χ4n) is 2.47. The Morgan fingerprint density at radius 1 is 1.21 bits per heavy atom. The van der Waals surface area contributed by atoms with Crippen LogP contribution in [0.2, 0.25) is 0 Å². The third-order valence-electron chi connectivity index (χ3n) is 3.76. The van der Waals surface area contributed by atoms with Crippen LogP contribution < -0.4 is 0 Å². The molecule has 0 atom stereocenters. The van der Waals surface area contributed by atoms with E-state index in [1.165, 1.54) is 57.1 Å². The number of rotatable bonds is 7. The fraction of sp³-hybridized carbons (Fsp3) is 0.786. The highest BCUT2D eigenvalue weighted by atomic mass is 35.5. The molecule has 1 saturated heterocycles. The minimum atomic E-state index is 0.540. The summed E-state index contributed by atoms with van der Waals surface area (Å²) in [6, 6.07) is 0. The Hall–Kier alpha value is -0.160. The number of piperazine rings is 1. The van der Waals surface area contributed by atoms with Crippen LogP contribution >= 0.6 is 22.9 Å². The molecule has 0 bridgehead atoms. The number of hydrogen-bond donors (Lipinski definition) is 0. The molecule has 5 heteroatoms. The molecule has 0 aliphatic carbocycles. The topological polar surface area (TPSA) is 19.4 Å². The van der Waals surface area contributed by atoms with Gasteiger partial charge in [0.25, 0.3) is 0 Å². The van der Waals surface area contributed by atoms with E-state index < -0.39 is 0 Å². The predicted molar refractivity (Wildman–Crippen MR) is 83.2 cm³/mol. The van der Waals surface area contributed by atoms with Crippen molar-refractivity contribution < 1.29 is 0 Å². The van der Waals surface area contributed by atoms with Crippen LogP contribution in [0.25, 0.3) is 0 Å². The van der Waals surface area contributed by atoms with Gasteiger partial charge >= 0.3 is 0 Å². The van der Waals surface area contributed by atoms with Gasteiger partial charge in [-0.15, -0.1) is 22.9 Å². The Labute approximate surface area is 125 Å². The summed E-state index contributed by atoms with van der Waals surface area (Å²) in [5.41, 5.74) is 1.03. The maximum absolute atomic E-state index is 5.76. The lowest BCUT2D eigenvalue weighted by Crippen LogP contribution is -2.46. The Morgan fingerprint density at radius 3 is 2.58 bits per heavy atom. The Bertz CT molecular complexity index is 361. The summed E-state index contributed by atoms with van der Waals surface area (Å²) in [7, 11) is 0. The van der Waals surface area contributed by atoms with Crippen LogP contribution in [0.4, 0.5) is 0 Å². The van der Waals surface area contributed by atoms with E-state index in [0.29, 0.717) is 5.88 Å². The summed E-state index contributed by atoms with van der Waals surface area (Å²) in [4.78, 5) is 9.62. The van der Waals surface area contributed by atoms with Crippen molar-refractivity contribution in [2.75, 3.05) is 39.3 Å². The predicted octanol–water partition coefficient (Wildman–Crippen LogP) is 2.84. The van der Waals surface area contributed by atoms with Crippen LogP contribution in [0, 0.1) is 0 Å². The second kappa shape index (κ2) is 8.20. The first-order chi connectivity index (χ1) is 9.31.